The molecule has 7 heteroatoms. The molecule has 0 aliphatic carbocycles. The molecule has 2 amide bonds. The van der Waals surface area contributed by atoms with E-state index in [0.717, 1.165) is 0 Å². The molecule has 0 bridgehead atoms. The highest BCUT2D eigenvalue weighted by atomic mass is 35.5. The topological polar surface area (TPSA) is 77.9 Å². The molecule has 1 aromatic carbocycles. The second-order valence-electron chi connectivity index (χ2n) is 4.82. The van der Waals surface area contributed by atoms with Crippen LogP contribution in [0.25, 0.3) is 0 Å². The lowest BCUT2D eigenvalue weighted by Gasteiger charge is -2.39. The number of carboxylic acid groups (broad SMARTS) is 1. The second-order valence-corrected chi connectivity index (χ2v) is 5.26. The molecule has 21 heavy (non-hydrogen) atoms. The minimum atomic E-state index is -1.12. The van der Waals surface area contributed by atoms with E-state index in [1.807, 2.05) is 0 Å². The molecule has 1 N–H and O–H groups in total. The van der Waals surface area contributed by atoms with Crippen LogP contribution in [0.5, 0.6) is 0 Å². The predicted octanol–water partition coefficient (Wildman–Crippen LogP) is 1.10. The van der Waals surface area contributed by atoms with Gasteiger partial charge in [-0.05, 0) is 24.3 Å². The van der Waals surface area contributed by atoms with Gasteiger partial charge in [-0.1, -0.05) is 11.6 Å². The predicted molar refractivity (Wildman–Crippen MR) is 76.2 cm³/mol. The standard InChI is InChI=1S/C14H15ClN2O4/c1-9(18)16-6-7-17(12(8-16)14(20)21)13(19)10-2-4-11(15)5-3-10/h2-5,12H,6-8H2,1H3,(H,20,21). The van der Waals surface area contributed by atoms with Crippen LogP contribution in [-0.2, 0) is 9.59 Å². The first-order valence-electron chi connectivity index (χ1n) is 6.45. The zero-order valence-electron chi connectivity index (χ0n) is 11.5. The van der Waals surface area contributed by atoms with Gasteiger partial charge in [-0.3, -0.25) is 9.59 Å². The van der Waals surface area contributed by atoms with E-state index >= 15 is 0 Å². The second kappa shape index (κ2) is 6.13. The number of aliphatic carboxylic acids is 1. The average molecular weight is 311 g/mol. The van der Waals surface area contributed by atoms with Crippen molar-refractivity contribution in [2.24, 2.45) is 0 Å². The Hall–Kier alpha value is -2.08. The van der Waals surface area contributed by atoms with Gasteiger partial charge in [0.05, 0.1) is 6.54 Å². The summed E-state index contributed by atoms with van der Waals surface area (Å²) in [5.41, 5.74) is 0.377. The van der Waals surface area contributed by atoms with Crippen LogP contribution in [0.15, 0.2) is 24.3 Å². The van der Waals surface area contributed by atoms with Crippen molar-refractivity contribution in [3.05, 3.63) is 34.9 Å². The van der Waals surface area contributed by atoms with Gasteiger partial charge in [0.2, 0.25) is 5.91 Å². The van der Waals surface area contributed by atoms with E-state index in [1.54, 1.807) is 24.3 Å². The molecule has 1 fully saturated rings. The van der Waals surface area contributed by atoms with Crippen LogP contribution >= 0.6 is 11.6 Å². The molecule has 0 radical (unpaired) electrons. The third-order valence-electron chi connectivity index (χ3n) is 3.46. The van der Waals surface area contributed by atoms with Crippen molar-refractivity contribution in [2.45, 2.75) is 13.0 Å². The maximum absolute atomic E-state index is 12.4. The fourth-order valence-electron chi connectivity index (χ4n) is 2.28. The smallest absolute Gasteiger partial charge is 0.328 e. The van der Waals surface area contributed by atoms with Gasteiger partial charge in [0, 0.05) is 30.6 Å². The van der Waals surface area contributed by atoms with Crippen LogP contribution < -0.4 is 0 Å². The highest BCUT2D eigenvalue weighted by Crippen LogP contribution is 2.17. The summed E-state index contributed by atoms with van der Waals surface area (Å²) >= 11 is 5.77. The van der Waals surface area contributed by atoms with E-state index < -0.39 is 12.0 Å². The molecule has 1 atom stereocenters. The van der Waals surface area contributed by atoms with Gasteiger partial charge in [-0.2, -0.15) is 0 Å². The zero-order chi connectivity index (χ0) is 15.6. The number of hydrogen-bond donors (Lipinski definition) is 1. The summed E-state index contributed by atoms with van der Waals surface area (Å²) < 4.78 is 0. The van der Waals surface area contributed by atoms with Gasteiger partial charge < -0.3 is 14.9 Å². The Morgan fingerprint density at radius 3 is 2.33 bits per heavy atom. The maximum Gasteiger partial charge on any atom is 0.328 e. The Labute approximate surface area is 126 Å². The third kappa shape index (κ3) is 3.33. The first-order chi connectivity index (χ1) is 9.90. The number of amides is 2. The summed E-state index contributed by atoms with van der Waals surface area (Å²) in [6, 6.07) is 5.24. The molecule has 0 aromatic heterocycles. The SMILES string of the molecule is CC(=O)N1CCN(C(=O)c2ccc(Cl)cc2)C(C(=O)O)C1. The van der Waals surface area contributed by atoms with Crippen LogP contribution in [0.4, 0.5) is 0 Å². The van der Waals surface area contributed by atoms with Crippen LogP contribution in [-0.4, -0.2) is 58.4 Å². The van der Waals surface area contributed by atoms with E-state index in [1.165, 1.54) is 16.7 Å². The molecule has 6 nitrogen and oxygen atoms in total. The molecule has 0 saturated carbocycles. The van der Waals surface area contributed by atoms with Gasteiger partial charge >= 0.3 is 5.97 Å². The molecule has 2 rings (SSSR count). The van der Waals surface area contributed by atoms with Gasteiger partial charge in [0.1, 0.15) is 6.04 Å². The lowest BCUT2D eigenvalue weighted by atomic mass is 10.1. The number of nitrogens with zero attached hydrogens (tertiary/aromatic N) is 2. The van der Waals surface area contributed by atoms with Crippen molar-refractivity contribution >= 4 is 29.4 Å². The van der Waals surface area contributed by atoms with Crippen LogP contribution in [0, 0.1) is 0 Å². The number of carbonyl (C=O) groups excluding carboxylic acids is 2. The van der Waals surface area contributed by atoms with Crippen molar-refractivity contribution in [1.82, 2.24) is 9.80 Å². The van der Waals surface area contributed by atoms with Gasteiger partial charge in [0.25, 0.3) is 5.91 Å². The van der Waals surface area contributed by atoms with Crippen molar-refractivity contribution in [3.63, 3.8) is 0 Å². The summed E-state index contributed by atoms with van der Waals surface area (Å²) in [7, 11) is 0. The summed E-state index contributed by atoms with van der Waals surface area (Å²) in [5, 5.41) is 9.80. The highest BCUT2D eigenvalue weighted by molar-refractivity contribution is 6.30. The molecule has 112 valence electrons. The highest BCUT2D eigenvalue weighted by Gasteiger charge is 2.36. The van der Waals surface area contributed by atoms with Crippen molar-refractivity contribution in [1.29, 1.82) is 0 Å². The number of piperazine rings is 1. The molecular formula is C14H15ClN2O4. The van der Waals surface area contributed by atoms with Crippen LogP contribution in [0.2, 0.25) is 5.02 Å². The molecule has 1 aromatic rings. The molecular weight excluding hydrogens is 296 g/mol. The van der Waals surface area contributed by atoms with Gasteiger partial charge in [-0.15, -0.1) is 0 Å². The number of hydrogen-bond acceptors (Lipinski definition) is 3. The van der Waals surface area contributed by atoms with Gasteiger partial charge in [0.15, 0.2) is 0 Å². The van der Waals surface area contributed by atoms with E-state index in [4.69, 9.17) is 11.6 Å². The van der Waals surface area contributed by atoms with E-state index in [2.05, 4.69) is 0 Å². The van der Waals surface area contributed by atoms with E-state index in [-0.39, 0.29) is 24.9 Å². The van der Waals surface area contributed by atoms with E-state index in [9.17, 15) is 19.5 Å². The fraction of sp³-hybridized carbons (Fsp3) is 0.357. The quantitative estimate of drug-likeness (QED) is 0.887. The molecule has 1 unspecified atom stereocenters. The summed E-state index contributed by atoms with van der Waals surface area (Å²) in [4.78, 5) is 37.9. The number of benzene rings is 1. The Morgan fingerprint density at radius 1 is 1.19 bits per heavy atom. The average Bonchev–Trinajstić information content (AvgIpc) is 2.46. The fourth-order valence-corrected chi connectivity index (χ4v) is 2.41. The largest absolute Gasteiger partial charge is 0.480 e. The van der Waals surface area contributed by atoms with Crippen LogP contribution in [0.3, 0.4) is 0 Å². The first kappa shape index (κ1) is 15.3. The number of carbonyl (C=O) groups is 3. The Balaban J connectivity index is 2.21. The Morgan fingerprint density at radius 2 is 1.81 bits per heavy atom. The van der Waals surface area contributed by atoms with Crippen LogP contribution in [0.1, 0.15) is 17.3 Å². The summed E-state index contributed by atoms with van der Waals surface area (Å²) in [6.07, 6.45) is 0. The minimum Gasteiger partial charge on any atom is -0.480 e. The molecule has 1 aliphatic rings. The number of halogens is 1. The zero-order valence-corrected chi connectivity index (χ0v) is 12.2. The summed E-state index contributed by atoms with van der Waals surface area (Å²) in [5.74, 6) is -1.69. The Bertz CT molecular complexity index is 573. The molecule has 1 aliphatic heterocycles. The summed E-state index contributed by atoms with van der Waals surface area (Å²) in [6.45, 7) is 1.91. The molecule has 0 spiro atoms. The molecule has 1 saturated heterocycles. The number of rotatable bonds is 2. The monoisotopic (exact) mass is 310 g/mol. The van der Waals surface area contributed by atoms with E-state index in [0.29, 0.717) is 17.1 Å². The normalized spacial score (nSPS) is 18.5. The van der Waals surface area contributed by atoms with Crippen molar-refractivity contribution < 1.29 is 19.5 Å². The number of carboxylic acids is 1. The maximum atomic E-state index is 12.4. The molecule has 1 heterocycles. The first-order valence-corrected chi connectivity index (χ1v) is 6.83. The third-order valence-corrected chi connectivity index (χ3v) is 3.71. The minimum absolute atomic E-state index is 0.00396. The van der Waals surface area contributed by atoms with Crippen molar-refractivity contribution in [3.8, 4) is 0 Å². The Kier molecular flexibility index (Phi) is 4.47. The lowest BCUT2D eigenvalue weighted by Crippen LogP contribution is -2.59. The van der Waals surface area contributed by atoms with Gasteiger partial charge in [-0.25, -0.2) is 4.79 Å². The van der Waals surface area contributed by atoms with Crippen molar-refractivity contribution in [2.75, 3.05) is 19.6 Å². The lowest BCUT2D eigenvalue weighted by molar-refractivity contribution is -0.146.